The molecule has 0 radical (unpaired) electrons. The fraction of sp³-hybridized carbons (Fsp3) is 0.209. The SMILES string of the molecule is COc1cc(/C=C2\SC(=Nc3cc4c5c(c3)[C@H](c3ccccc3)CCN5CC[C@H]4c3ccccc3)NC2=O)ccc1OCc1ccc(C)cc1. The van der Waals surface area contributed by atoms with Crippen LogP contribution >= 0.6 is 11.8 Å². The molecule has 0 spiro atoms. The van der Waals surface area contributed by atoms with Gasteiger partial charge in [0.1, 0.15) is 6.61 Å². The summed E-state index contributed by atoms with van der Waals surface area (Å²) in [5.41, 5.74) is 10.7. The standard InChI is InChI=1S/C43H39N3O3S/c1-28-13-15-29(16-14-28)27-49-38-18-17-30(23-39(38)48-2)24-40-42(47)45-43(50-40)44-33-25-36-34(31-9-5-3-6-10-31)19-21-46-22-20-35(37(26-33)41(36)46)32-11-7-4-8-12-32/h3-18,23-26,34-35H,19-22,27H2,1-2H3,(H,44,45,47)/b40-24-/t34-,35-/m0/s1. The summed E-state index contributed by atoms with van der Waals surface area (Å²) in [5, 5.41) is 3.60. The van der Waals surface area contributed by atoms with Gasteiger partial charge in [-0.05, 0) is 95.2 Å². The lowest BCUT2D eigenvalue weighted by molar-refractivity contribution is -0.115. The number of methoxy groups -OCH3 is 1. The number of carbonyl (C=O) groups is 1. The summed E-state index contributed by atoms with van der Waals surface area (Å²) in [5.74, 6) is 1.68. The van der Waals surface area contributed by atoms with Gasteiger partial charge in [0.2, 0.25) is 0 Å². The van der Waals surface area contributed by atoms with Gasteiger partial charge in [0.05, 0.1) is 17.7 Å². The van der Waals surface area contributed by atoms with Crippen LogP contribution in [0.3, 0.4) is 0 Å². The topological polar surface area (TPSA) is 63.2 Å². The van der Waals surface area contributed by atoms with Crippen LogP contribution in [-0.4, -0.2) is 31.3 Å². The summed E-state index contributed by atoms with van der Waals surface area (Å²) in [6, 6.07) is 40.1. The Bertz CT molecular complexity index is 2020. The number of amides is 1. The van der Waals surface area contributed by atoms with Crippen molar-refractivity contribution < 1.29 is 14.3 Å². The zero-order chi connectivity index (χ0) is 34.0. The Hall–Kier alpha value is -5.27. The fourth-order valence-electron chi connectivity index (χ4n) is 7.39. The molecule has 7 heteroatoms. The first-order chi connectivity index (χ1) is 24.5. The number of amidine groups is 1. The highest BCUT2D eigenvalue weighted by Crippen LogP contribution is 2.50. The molecule has 0 aromatic heterocycles. The number of aryl methyl sites for hydroxylation is 1. The van der Waals surface area contributed by atoms with E-state index in [1.165, 1.54) is 45.3 Å². The van der Waals surface area contributed by atoms with Crippen LogP contribution in [0.1, 0.15) is 63.6 Å². The molecule has 1 amide bonds. The molecule has 0 aliphatic carbocycles. The van der Waals surface area contributed by atoms with Crippen LogP contribution in [0.4, 0.5) is 11.4 Å². The minimum absolute atomic E-state index is 0.165. The normalized spacial score (nSPS) is 19.7. The zero-order valence-electron chi connectivity index (χ0n) is 28.3. The second-order valence-corrected chi connectivity index (χ2v) is 14.2. The van der Waals surface area contributed by atoms with Gasteiger partial charge in [-0.25, -0.2) is 4.99 Å². The van der Waals surface area contributed by atoms with E-state index in [9.17, 15) is 4.79 Å². The van der Waals surface area contributed by atoms with Crippen LogP contribution in [-0.2, 0) is 11.4 Å². The highest BCUT2D eigenvalue weighted by atomic mass is 32.2. The molecule has 1 saturated heterocycles. The largest absolute Gasteiger partial charge is 0.493 e. The van der Waals surface area contributed by atoms with E-state index < -0.39 is 0 Å². The zero-order valence-corrected chi connectivity index (χ0v) is 29.1. The number of thioether (sulfide) groups is 1. The Morgan fingerprint density at radius 2 is 1.46 bits per heavy atom. The van der Waals surface area contributed by atoms with Gasteiger partial charge in [-0.2, -0.15) is 0 Å². The van der Waals surface area contributed by atoms with Gasteiger partial charge in [0.25, 0.3) is 5.91 Å². The van der Waals surface area contributed by atoms with Crippen molar-refractivity contribution in [3.63, 3.8) is 0 Å². The van der Waals surface area contributed by atoms with Crippen molar-refractivity contribution in [3.8, 4) is 11.5 Å². The van der Waals surface area contributed by atoms with Crippen molar-refractivity contribution >= 4 is 40.3 Å². The molecule has 1 fully saturated rings. The molecule has 50 heavy (non-hydrogen) atoms. The molecule has 8 rings (SSSR count). The second kappa shape index (κ2) is 13.9. The lowest BCUT2D eigenvalue weighted by Gasteiger charge is -2.43. The maximum absolute atomic E-state index is 13.2. The molecule has 3 aliphatic heterocycles. The van der Waals surface area contributed by atoms with Gasteiger partial charge in [0.15, 0.2) is 16.7 Å². The number of ether oxygens (including phenoxy) is 2. The van der Waals surface area contributed by atoms with E-state index in [2.05, 4.69) is 114 Å². The van der Waals surface area contributed by atoms with Gasteiger partial charge < -0.3 is 19.7 Å². The fourth-order valence-corrected chi connectivity index (χ4v) is 8.23. The number of aliphatic imine (C=N–C) groups is 1. The molecule has 0 unspecified atom stereocenters. The van der Waals surface area contributed by atoms with Gasteiger partial charge in [-0.1, -0.05) is 96.6 Å². The first-order valence-corrected chi connectivity index (χ1v) is 18.0. The van der Waals surface area contributed by atoms with Crippen LogP contribution in [0.5, 0.6) is 11.5 Å². The van der Waals surface area contributed by atoms with Crippen LogP contribution in [0.15, 0.2) is 125 Å². The number of hydrogen-bond acceptors (Lipinski definition) is 6. The highest BCUT2D eigenvalue weighted by molar-refractivity contribution is 8.18. The van der Waals surface area contributed by atoms with E-state index in [-0.39, 0.29) is 17.7 Å². The molecule has 2 atom stereocenters. The molecule has 3 aliphatic rings. The highest BCUT2D eigenvalue weighted by Gasteiger charge is 2.35. The maximum atomic E-state index is 13.2. The molecule has 3 heterocycles. The summed E-state index contributed by atoms with van der Waals surface area (Å²) in [6.45, 7) is 4.59. The summed E-state index contributed by atoms with van der Waals surface area (Å²) >= 11 is 1.36. The Kier molecular flexibility index (Phi) is 8.90. The van der Waals surface area contributed by atoms with Crippen molar-refractivity contribution in [3.05, 3.63) is 159 Å². The Morgan fingerprint density at radius 3 is 2.08 bits per heavy atom. The summed E-state index contributed by atoms with van der Waals surface area (Å²) < 4.78 is 11.7. The Labute approximate surface area is 297 Å². The van der Waals surface area contributed by atoms with E-state index >= 15 is 0 Å². The van der Waals surface area contributed by atoms with Gasteiger partial charge in [0, 0.05) is 30.6 Å². The van der Waals surface area contributed by atoms with E-state index in [0.29, 0.717) is 28.2 Å². The molecule has 0 bridgehead atoms. The van der Waals surface area contributed by atoms with Crippen molar-refractivity contribution in [1.82, 2.24) is 5.32 Å². The van der Waals surface area contributed by atoms with Crippen LogP contribution in [0.2, 0.25) is 0 Å². The molecule has 5 aromatic rings. The summed E-state index contributed by atoms with van der Waals surface area (Å²) in [4.78, 5) is 21.4. The average molecular weight is 678 g/mol. The minimum atomic E-state index is -0.165. The maximum Gasteiger partial charge on any atom is 0.264 e. The summed E-state index contributed by atoms with van der Waals surface area (Å²) in [7, 11) is 1.63. The number of nitrogens with zero attached hydrogens (tertiary/aromatic N) is 2. The number of benzene rings is 5. The number of hydrogen-bond donors (Lipinski definition) is 1. The van der Waals surface area contributed by atoms with Crippen molar-refractivity contribution in [1.29, 1.82) is 0 Å². The first-order valence-electron chi connectivity index (χ1n) is 17.2. The molecular weight excluding hydrogens is 639 g/mol. The van der Waals surface area contributed by atoms with Gasteiger partial charge >= 0.3 is 0 Å². The van der Waals surface area contributed by atoms with Gasteiger partial charge in [-0.3, -0.25) is 4.79 Å². The lowest BCUT2D eigenvalue weighted by Crippen LogP contribution is -2.37. The predicted molar refractivity (Wildman–Crippen MR) is 204 cm³/mol. The third kappa shape index (κ3) is 6.53. The molecule has 5 aromatic carbocycles. The van der Waals surface area contributed by atoms with E-state index in [1.807, 2.05) is 24.3 Å². The van der Waals surface area contributed by atoms with Crippen molar-refractivity contribution in [2.24, 2.45) is 4.99 Å². The van der Waals surface area contributed by atoms with E-state index in [1.54, 1.807) is 7.11 Å². The van der Waals surface area contributed by atoms with Crippen molar-refractivity contribution in [2.45, 2.75) is 38.2 Å². The molecular formula is C43H39N3O3S. The second-order valence-electron chi connectivity index (χ2n) is 13.1. The smallest absolute Gasteiger partial charge is 0.264 e. The quantitative estimate of drug-likeness (QED) is 0.166. The van der Waals surface area contributed by atoms with Gasteiger partial charge in [-0.15, -0.1) is 0 Å². The van der Waals surface area contributed by atoms with Crippen LogP contribution in [0, 0.1) is 6.92 Å². The number of rotatable bonds is 8. The third-order valence-corrected chi connectivity index (χ3v) is 10.8. The molecule has 250 valence electrons. The number of nitrogens with one attached hydrogen (secondary N) is 1. The number of carbonyl (C=O) groups excluding carboxylic acids is 1. The van der Waals surface area contributed by atoms with Crippen LogP contribution in [0.25, 0.3) is 6.08 Å². The van der Waals surface area contributed by atoms with E-state index in [0.717, 1.165) is 42.7 Å². The minimum Gasteiger partial charge on any atom is -0.493 e. The first kappa shape index (κ1) is 32.0. The van der Waals surface area contributed by atoms with Crippen LogP contribution < -0.4 is 19.7 Å². The van der Waals surface area contributed by atoms with Crippen molar-refractivity contribution in [2.75, 3.05) is 25.1 Å². The predicted octanol–water partition coefficient (Wildman–Crippen LogP) is 9.35. The number of anilines is 1. The summed E-state index contributed by atoms with van der Waals surface area (Å²) in [6.07, 6.45) is 3.99. The Morgan fingerprint density at radius 1 is 0.820 bits per heavy atom. The molecule has 0 saturated carbocycles. The Balaban J connectivity index is 1.09. The monoisotopic (exact) mass is 677 g/mol. The van der Waals surface area contributed by atoms with E-state index in [4.69, 9.17) is 14.5 Å². The average Bonchev–Trinajstić information content (AvgIpc) is 3.49. The lowest BCUT2D eigenvalue weighted by atomic mass is 9.76. The third-order valence-electron chi connectivity index (χ3n) is 9.88. The molecule has 6 nitrogen and oxygen atoms in total. The molecule has 1 N–H and O–H groups in total.